The van der Waals surface area contributed by atoms with E-state index in [4.69, 9.17) is 17.3 Å². The van der Waals surface area contributed by atoms with Gasteiger partial charge in [-0.3, -0.25) is 20.4 Å². The standard InChI is InChI=1S/C11H10ClN5O2/c12-7-3-1-2-6(4-7)10(18)17-16-9-8(13)11(19)15-5-14-9/h1-5H,13H2,(H,17,18)(H2,14,15,16,19). The maximum atomic E-state index is 11.8. The van der Waals surface area contributed by atoms with Crippen molar-refractivity contribution < 1.29 is 4.79 Å². The Balaban J connectivity index is 2.09. The quantitative estimate of drug-likeness (QED) is 0.620. The van der Waals surface area contributed by atoms with Crippen LogP contribution in [0.3, 0.4) is 0 Å². The summed E-state index contributed by atoms with van der Waals surface area (Å²) in [6, 6.07) is 6.41. The van der Waals surface area contributed by atoms with E-state index in [0.717, 1.165) is 0 Å². The lowest BCUT2D eigenvalue weighted by atomic mass is 10.2. The Morgan fingerprint density at radius 2 is 2.21 bits per heavy atom. The Kier molecular flexibility index (Phi) is 3.67. The van der Waals surface area contributed by atoms with Crippen LogP contribution in [0.5, 0.6) is 0 Å². The highest BCUT2D eigenvalue weighted by atomic mass is 35.5. The van der Waals surface area contributed by atoms with Crippen molar-refractivity contribution in [2.45, 2.75) is 0 Å². The van der Waals surface area contributed by atoms with E-state index in [1.807, 2.05) is 0 Å². The molecule has 0 unspecified atom stereocenters. The molecule has 19 heavy (non-hydrogen) atoms. The topological polar surface area (TPSA) is 113 Å². The smallest absolute Gasteiger partial charge is 0.276 e. The molecule has 0 bridgehead atoms. The van der Waals surface area contributed by atoms with Gasteiger partial charge in [0.15, 0.2) is 5.82 Å². The molecule has 0 saturated carbocycles. The molecule has 0 fully saturated rings. The Labute approximate surface area is 112 Å². The number of halogens is 1. The van der Waals surface area contributed by atoms with E-state index in [9.17, 15) is 9.59 Å². The van der Waals surface area contributed by atoms with Crippen molar-refractivity contribution in [1.29, 1.82) is 0 Å². The summed E-state index contributed by atoms with van der Waals surface area (Å²) in [6.45, 7) is 0. The summed E-state index contributed by atoms with van der Waals surface area (Å²) in [5.41, 5.74) is 10.1. The fraction of sp³-hybridized carbons (Fsp3) is 0. The molecule has 1 heterocycles. The summed E-state index contributed by atoms with van der Waals surface area (Å²) in [4.78, 5) is 29.1. The predicted octanol–water partition coefficient (Wildman–Crippen LogP) is 0.762. The Hall–Kier alpha value is -2.54. The number of nitrogens with zero attached hydrogens (tertiary/aromatic N) is 1. The summed E-state index contributed by atoms with van der Waals surface area (Å²) in [5.74, 6) is -0.358. The van der Waals surface area contributed by atoms with E-state index in [2.05, 4.69) is 20.8 Å². The van der Waals surface area contributed by atoms with Gasteiger partial charge in [0.05, 0.1) is 6.33 Å². The van der Waals surface area contributed by atoms with E-state index in [0.29, 0.717) is 10.6 Å². The van der Waals surface area contributed by atoms with Gasteiger partial charge in [-0.25, -0.2) is 4.98 Å². The number of nitrogens with two attached hydrogens (primary N) is 1. The molecule has 0 spiro atoms. The van der Waals surface area contributed by atoms with Gasteiger partial charge in [-0.1, -0.05) is 17.7 Å². The second-order valence-corrected chi connectivity index (χ2v) is 4.02. The third-order valence-electron chi connectivity index (χ3n) is 2.27. The molecule has 5 N–H and O–H groups in total. The summed E-state index contributed by atoms with van der Waals surface area (Å²) < 4.78 is 0. The highest BCUT2D eigenvalue weighted by molar-refractivity contribution is 6.30. The lowest BCUT2D eigenvalue weighted by molar-refractivity contribution is 0.0962. The van der Waals surface area contributed by atoms with Crippen molar-refractivity contribution >= 4 is 29.0 Å². The van der Waals surface area contributed by atoms with Crippen molar-refractivity contribution in [3.05, 3.63) is 51.5 Å². The maximum absolute atomic E-state index is 11.8. The first-order chi connectivity index (χ1) is 9.08. The molecule has 8 heteroatoms. The fourth-order valence-electron chi connectivity index (χ4n) is 1.33. The zero-order chi connectivity index (χ0) is 13.8. The number of benzene rings is 1. The van der Waals surface area contributed by atoms with E-state index in [1.54, 1.807) is 18.2 Å². The number of H-pyrrole nitrogens is 1. The SMILES string of the molecule is Nc1c(NNC(=O)c2cccc(Cl)c2)nc[nH]c1=O. The monoisotopic (exact) mass is 279 g/mol. The molecule has 2 aromatic rings. The van der Waals surface area contributed by atoms with Crippen LogP contribution in [-0.4, -0.2) is 15.9 Å². The molecule has 1 amide bonds. The highest BCUT2D eigenvalue weighted by Crippen LogP contribution is 2.11. The van der Waals surface area contributed by atoms with Crippen LogP contribution in [0.25, 0.3) is 0 Å². The average molecular weight is 280 g/mol. The van der Waals surface area contributed by atoms with Gasteiger partial charge < -0.3 is 10.7 Å². The van der Waals surface area contributed by atoms with Gasteiger partial charge in [-0.15, -0.1) is 0 Å². The van der Waals surface area contributed by atoms with E-state index >= 15 is 0 Å². The number of nitrogens with one attached hydrogen (secondary N) is 3. The molecular formula is C11H10ClN5O2. The number of carbonyl (C=O) groups is 1. The van der Waals surface area contributed by atoms with Crippen LogP contribution in [0, 0.1) is 0 Å². The van der Waals surface area contributed by atoms with Crippen LogP contribution >= 0.6 is 11.6 Å². The number of hydrogen-bond acceptors (Lipinski definition) is 5. The van der Waals surface area contributed by atoms with Crippen molar-refractivity contribution in [2.24, 2.45) is 0 Å². The normalized spacial score (nSPS) is 9.95. The van der Waals surface area contributed by atoms with Gasteiger partial charge in [-0.2, -0.15) is 0 Å². The molecule has 1 aromatic carbocycles. The van der Waals surface area contributed by atoms with Gasteiger partial charge in [-0.05, 0) is 18.2 Å². The predicted molar refractivity (Wildman–Crippen MR) is 71.8 cm³/mol. The zero-order valence-corrected chi connectivity index (χ0v) is 10.4. The number of hydrazine groups is 1. The number of aromatic amines is 1. The minimum atomic E-state index is -0.491. The average Bonchev–Trinajstić information content (AvgIpc) is 2.40. The molecule has 0 saturated heterocycles. The lowest BCUT2D eigenvalue weighted by Crippen LogP contribution is -2.31. The van der Waals surface area contributed by atoms with Gasteiger partial charge in [0.1, 0.15) is 5.69 Å². The van der Waals surface area contributed by atoms with E-state index in [-0.39, 0.29) is 11.5 Å². The van der Waals surface area contributed by atoms with Crippen LogP contribution in [0.2, 0.25) is 5.02 Å². The summed E-state index contributed by atoms with van der Waals surface area (Å²) >= 11 is 5.77. The largest absolute Gasteiger partial charge is 0.391 e. The number of anilines is 2. The first-order valence-electron chi connectivity index (χ1n) is 5.23. The van der Waals surface area contributed by atoms with Gasteiger partial charge in [0.25, 0.3) is 11.5 Å². The van der Waals surface area contributed by atoms with Crippen LogP contribution < -0.4 is 22.1 Å². The molecular weight excluding hydrogens is 270 g/mol. The molecule has 0 radical (unpaired) electrons. The van der Waals surface area contributed by atoms with Crippen molar-refractivity contribution in [3.8, 4) is 0 Å². The number of hydrogen-bond donors (Lipinski definition) is 4. The van der Waals surface area contributed by atoms with Crippen LogP contribution in [0.1, 0.15) is 10.4 Å². The van der Waals surface area contributed by atoms with Gasteiger partial charge in [0, 0.05) is 10.6 Å². The molecule has 0 aliphatic carbocycles. The minimum absolute atomic E-state index is 0.0686. The Morgan fingerprint density at radius 1 is 1.42 bits per heavy atom. The number of carbonyl (C=O) groups excluding carboxylic acids is 1. The first-order valence-corrected chi connectivity index (χ1v) is 5.61. The van der Waals surface area contributed by atoms with E-state index < -0.39 is 11.5 Å². The number of amides is 1. The summed E-state index contributed by atoms with van der Waals surface area (Å²) in [5, 5.41) is 0.446. The molecule has 0 atom stereocenters. The number of rotatable bonds is 3. The first kappa shape index (κ1) is 12.9. The highest BCUT2D eigenvalue weighted by Gasteiger charge is 2.08. The lowest BCUT2D eigenvalue weighted by Gasteiger charge is -2.08. The Morgan fingerprint density at radius 3 is 2.95 bits per heavy atom. The molecule has 7 nitrogen and oxygen atoms in total. The van der Waals surface area contributed by atoms with Crippen molar-refractivity contribution in [3.63, 3.8) is 0 Å². The second-order valence-electron chi connectivity index (χ2n) is 3.58. The number of nitrogen functional groups attached to an aromatic ring is 1. The molecule has 0 aliphatic rings. The minimum Gasteiger partial charge on any atom is -0.391 e. The Bertz CT molecular complexity index is 670. The third-order valence-corrected chi connectivity index (χ3v) is 2.51. The van der Waals surface area contributed by atoms with Crippen molar-refractivity contribution in [2.75, 3.05) is 11.2 Å². The molecule has 0 aliphatic heterocycles. The summed E-state index contributed by atoms with van der Waals surface area (Å²) in [6.07, 6.45) is 1.17. The zero-order valence-electron chi connectivity index (χ0n) is 9.61. The molecule has 98 valence electrons. The molecule has 2 rings (SSSR count). The number of aromatic nitrogens is 2. The van der Waals surface area contributed by atoms with Crippen LogP contribution in [0.4, 0.5) is 11.5 Å². The second kappa shape index (κ2) is 5.40. The van der Waals surface area contributed by atoms with Crippen LogP contribution in [0.15, 0.2) is 35.4 Å². The molecule has 1 aromatic heterocycles. The fourth-order valence-corrected chi connectivity index (χ4v) is 1.52. The third kappa shape index (κ3) is 3.02. The summed E-state index contributed by atoms with van der Waals surface area (Å²) in [7, 11) is 0. The van der Waals surface area contributed by atoms with Gasteiger partial charge in [0.2, 0.25) is 0 Å². The van der Waals surface area contributed by atoms with Crippen LogP contribution in [-0.2, 0) is 0 Å². The van der Waals surface area contributed by atoms with E-state index in [1.165, 1.54) is 12.4 Å². The van der Waals surface area contributed by atoms with Gasteiger partial charge >= 0.3 is 0 Å². The maximum Gasteiger partial charge on any atom is 0.276 e. The van der Waals surface area contributed by atoms with Crippen molar-refractivity contribution in [1.82, 2.24) is 15.4 Å².